The molecule has 2 aromatic carbocycles. The Morgan fingerprint density at radius 3 is 2.36 bits per heavy atom. The SMILES string of the molecule is O=C(O)c1ccc(Cl)c(-c2nc(-c3ccc(NC(=O)C(Cl)Cl)cc3)n[nH]2)c1Cl. The van der Waals surface area contributed by atoms with Gasteiger partial charge >= 0.3 is 5.97 Å². The minimum atomic E-state index is -1.18. The number of alkyl halides is 2. The van der Waals surface area contributed by atoms with Crippen molar-refractivity contribution in [3.63, 3.8) is 0 Å². The van der Waals surface area contributed by atoms with Gasteiger partial charge in [0.2, 0.25) is 0 Å². The largest absolute Gasteiger partial charge is 0.478 e. The van der Waals surface area contributed by atoms with E-state index in [1.807, 2.05) is 0 Å². The molecule has 1 aromatic heterocycles. The van der Waals surface area contributed by atoms with E-state index in [9.17, 15) is 14.7 Å². The predicted molar refractivity (Wildman–Crippen MR) is 108 cm³/mol. The van der Waals surface area contributed by atoms with Gasteiger partial charge in [-0.05, 0) is 36.4 Å². The fourth-order valence-corrected chi connectivity index (χ4v) is 3.08. The summed E-state index contributed by atoms with van der Waals surface area (Å²) in [5, 5.41) is 18.8. The predicted octanol–water partition coefficient (Wildman–Crippen LogP) is 4.89. The van der Waals surface area contributed by atoms with Gasteiger partial charge in [-0.25, -0.2) is 9.78 Å². The fourth-order valence-electron chi connectivity index (χ4n) is 2.34. The topological polar surface area (TPSA) is 108 Å². The molecule has 3 aromatic rings. The maximum absolute atomic E-state index is 11.5. The van der Waals surface area contributed by atoms with Gasteiger partial charge in [0, 0.05) is 11.3 Å². The van der Waals surface area contributed by atoms with E-state index < -0.39 is 16.7 Å². The first-order valence-electron chi connectivity index (χ1n) is 7.61. The van der Waals surface area contributed by atoms with E-state index in [4.69, 9.17) is 46.4 Å². The molecule has 0 saturated heterocycles. The number of benzene rings is 2. The molecule has 3 rings (SSSR count). The molecule has 1 heterocycles. The molecule has 0 fully saturated rings. The van der Waals surface area contributed by atoms with Crippen LogP contribution >= 0.6 is 46.4 Å². The van der Waals surface area contributed by atoms with Gasteiger partial charge in [0.25, 0.3) is 5.91 Å². The van der Waals surface area contributed by atoms with E-state index in [1.165, 1.54) is 12.1 Å². The van der Waals surface area contributed by atoms with E-state index in [0.29, 0.717) is 17.1 Å². The van der Waals surface area contributed by atoms with Crippen LogP contribution < -0.4 is 5.32 Å². The van der Waals surface area contributed by atoms with Crippen molar-refractivity contribution < 1.29 is 14.7 Å². The summed E-state index contributed by atoms with van der Waals surface area (Å²) in [7, 11) is 0. The van der Waals surface area contributed by atoms with E-state index >= 15 is 0 Å². The first-order valence-corrected chi connectivity index (χ1v) is 9.24. The van der Waals surface area contributed by atoms with Gasteiger partial charge in [0.1, 0.15) is 0 Å². The molecule has 0 radical (unpaired) electrons. The molecule has 0 aliphatic heterocycles. The summed E-state index contributed by atoms with van der Waals surface area (Å²) in [6.45, 7) is 0. The number of aromatic nitrogens is 3. The Bertz CT molecular complexity index is 1050. The van der Waals surface area contributed by atoms with Crippen molar-refractivity contribution in [2.45, 2.75) is 4.84 Å². The number of halogens is 4. The second kappa shape index (κ2) is 8.36. The Morgan fingerprint density at radius 1 is 1.07 bits per heavy atom. The third-order valence-corrected chi connectivity index (χ3v) is 4.76. The van der Waals surface area contributed by atoms with Crippen LogP contribution in [0.25, 0.3) is 22.8 Å². The van der Waals surface area contributed by atoms with Crippen LogP contribution in [0.1, 0.15) is 10.4 Å². The summed E-state index contributed by atoms with van der Waals surface area (Å²) in [5.41, 5.74) is 1.27. The maximum Gasteiger partial charge on any atom is 0.337 e. The molecule has 0 atom stereocenters. The number of nitrogens with one attached hydrogen (secondary N) is 2. The van der Waals surface area contributed by atoms with Gasteiger partial charge in [-0.3, -0.25) is 9.89 Å². The molecule has 28 heavy (non-hydrogen) atoms. The zero-order valence-corrected chi connectivity index (χ0v) is 16.7. The molecule has 0 aliphatic rings. The molecule has 0 spiro atoms. The molecule has 0 unspecified atom stereocenters. The Kier molecular flexibility index (Phi) is 6.10. The van der Waals surface area contributed by atoms with Crippen LogP contribution in [0.3, 0.4) is 0 Å². The molecule has 1 amide bonds. The third-order valence-electron chi connectivity index (χ3n) is 3.65. The molecule has 144 valence electrons. The van der Waals surface area contributed by atoms with Gasteiger partial charge in [-0.2, -0.15) is 5.10 Å². The normalized spacial score (nSPS) is 10.9. The molecule has 11 heteroatoms. The average molecular weight is 460 g/mol. The summed E-state index contributed by atoms with van der Waals surface area (Å²) in [4.78, 5) is 25.9. The number of anilines is 1. The van der Waals surface area contributed by atoms with Crippen LogP contribution in [0.5, 0.6) is 0 Å². The van der Waals surface area contributed by atoms with Crippen molar-refractivity contribution in [2.24, 2.45) is 0 Å². The number of aromatic carboxylic acids is 1. The van der Waals surface area contributed by atoms with Gasteiger partial charge in [0.05, 0.1) is 21.2 Å². The Morgan fingerprint density at radius 2 is 1.75 bits per heavy atom. The number of H-pyrrole nitrogens is 1. The molecule has 0 bridgehead atoms. The van der Waals surface area contributed by atoms with Crippen molar-refractivity contribution >= 4 is 64.0 Å². The maximum atomic E-state index is 11.5. The van der Waals surface area contributed by atoms with Gasteiger partial charge in [-0.15, -0.1) is 0 Å². The molecular weight excluding hydrogens is 450 g/mol. The molecular formula is C17H10Cl4N4O3. The summed E-state index contributed by atoms with van der Waals surface area (Å²) < 4.78 is 0. The number of carbonyl (C=O) groups is 2. The van der Waals surface area contributed by atoms with Crippen LogP contribution in [0.15, 0.2) is 36.4 Å². The highest BCUT2D eigenvalue weighted by molar-refractivity contribution is 6.54. The number of aromatic amines is 1. The Hall–Kier alpha value is -2.32. The first-order chi connectivity index (χ1) is 13.3. The van der Waals surface area contributed by atoms with E-state index in [-0.39, 0.29) is 27.0 Å². The molecule has 7 nitrogen and oxygen atoms in total. The second-order valence-electron chi connectivity index (χ2n) is 5.46. The van der Waals surface area contributed by atoms with Crippen molar-refractivity contribution in [1.29, 1.82) is 0 Å². The number of carboxylic acids is 1. The van der Waals surface area contributed by atoms with Crippen LogP contribution in [-0.2, 0) is 4.79 Å². The fraction of sp³-hybridized carbons (Fsp3) is 0.0588. The van der Waals surface area contributed by atoms with E-state index in [1.54, 1.807) is 24.3 Å². The summed E-state index contributed by atoms with van der Waals surface area (Å²) in [6, 6.07) is 9.35. The minimum absolute atomic E-state index is 0.0440. The van der Waals surface area contributed by atoms with Gasteiger partial charge in [0.15, 0.2) is 16.5 Å². The standard InChI is InChI=1S/C17H10Cl4N4O3/c18-10-6-5-9(17(27)28)12(19)11(10)15-23-14(24-25-15)7-1-3-8(4-2-7)22-16(26)13(20)21/h1-6,13H,(H,22,26)(H,27,28)(H,23,24,25). The van der Waals surface area contributed by atoms with E-state index in [0.717, 1.165) is 0 Å². The number of carboxylic acid groups (broad SMARTS) is 1. The lowest BCUT2D eigenvalue weighted by molar-refractivity contribution is -0.114. The lowest BCUT2D eigenvalue weighted by Gasteiger charge is -2.06. The number of hydrogen-bond acceptors (Lipinski definition) is 4. The van der Waals surface area contributed by atoms with Crippen LogP contribution in [0.2, 0.25) is 10.0 Å². The highest BCUT2D eigenvalue weighted by Gasteiger charge is 2.20. The zero-order valence-electron chi connectivity index (χ0n) is 13.7. The number of amides is 1. The number of rotatable bonds is 5. The highest BCUT2D eigenvalue weighted by atomic mass is 35.5. The second-order valence-corrected chi connectivity index (χ2v) is 7.35. The van der Waals surface area contributed by atoms with Crippen LogP contribution in [0, 0.1) is 0 Å². The molecule has 0 saturated carbocycles. The first kappa shape index (κ1) is 20.4. The summed E-state index contributed by atoms with van der Waals surface area (Å²) in [5.74, 6) is -1.18. The number of hydrogen-bond donors (Lipinski definition) is 3. The van der Waals surface area contributed by atoms with Crippen molar-refractivity contribution in [3.8, 4) is 22.8 Å². The zero-order chi connectivity index (χ0) is 20.4. The molecule has 0 aliphatic carbocycles. The van der Waals surface area contributed by atoms with Crippen molar-refractivity contribution in [3.05, 3.63) is 52.0 Å². The lowest BCUT2D eigenvalue weighted by atomic mass is 10.1. The van der Waals surface area contributed by atoms with E-state index in [2.05, 4.69) is 20.5 Å². The monoisotopic (exact) mass is 458 g/mol. The Balaban J connectivity index is 1.90. The van der Waals surface area contributed by atoms with Crippen LogP contribution in [-0.4, -0.2) is 37.0 Å². The quantitative estimate of drug-likeness (QED) is 0.471. The molecule has 3 N–H and O–H groups in total. The summed E-state index contributed by atoms with van der Waals surface area (Å²) >= 11 is 23.3. The lowest BCUT2D eigenvalue weighted by Crippen LogP contribution is -2.18. The number of nitrogens with zero attached hydrogens (tertiary/aromatic N) is 2. The van der Waals surface area contributed by atoms with Crippen molar-refractivity contribution in [2.75, 3.05) is 5.32 Å². The van der Waals surface area contributed by atoms with Crippen LogP contribution in [0.4, 0.5) is 5.69 Å². The number of carbonyl (C=O) groups excluding carboxylic acids is 1. The minimum Gasteiger partial charge on any atom is -0.478 e. The van der Waals surface area contributed by atoms with Gasteiger partial charge < -0.3 is 10.4 Å². The smallest absolute Gasteiger partial charge is 0.337 e. The summed E-state index contributed by atoms with van der Waals surface area (Å²) in [6.07, 6.45) is 0. The highest BCUT2D eigenvalue weighted by Crippen LogP contribution is 2.36. The third kappa shape index (κ3) is 4.23. The van der Waals surface area contributed by atoms with Gasteiger partial charge in [-0.1, -0.05) is 46.4 Å². The van der Waals surface area contributed by atoms with Crippen molar-refractivity contribution in [1.82, 2.24) is 15.2 Å². The average Bonchev–Trinajstić information content (AvgIpc) is 3.11. The Labute approximate surface area is 178 Å².